The number of aromatic nitrogens is 2. The van der Waals surface area contributed by atoms with Crippen LogP contribution in [0.3, 0.4) is 0 Å². The molecule has 0 spiro atoms. The summed E-state index contributed by atoms with van der Waals surface area (Å²) < 4.78 is 5.60. The van der Waals surface area contributed by atoms with E-state index in [1.165, 1.54) is 10.4 Å². The molecule has 0 radical (unpaired) electrons. The first-order valence-corrected chi connectivity index (χ1v) is 7.51. The van der Waals surface area contributed by atoms with Gasteiger partial charge in [0.2, 0.25) is 0 Å². The van der Waals surface area contributed by atoms with Gasteiger partial charge in [0.05, 0.1) is 5.39 Å². The van der Waals surface area contributed by atoms with Crippen LogP contribution in [0, 0.1) is 13.8 Å². The summed E-state index contributed by atoms with van der Waals surface area (Å²) in [4.78, 5) is 11.5. The van der Waals surface area contributed by atoms with Crippen LogP contribution in [0.5, 0.6) is 0 Å². The average Bonchev–Trinajstić information content (AvgIpc) is 2.69. The van der Waals surface area contributed by atoms with Crippen LogP contribution >= 0.6 is 11.3 Å². The van der Waals surface area contributed by atoms with Crippen molar-refractivity contribution in [2.75, 3.05) is 19.0 Å². The normalized spacial score (nSPS) is 11.2. The Labute approximate surface area is 118 Å². The van der Waals surface area contributed by atoms with Crippen LogP contribution in [-0.4, -0.2) is 23.6 Å². The largest absolute Gasteiger partial charge is 0.373 e. The fraction of sp³-hybridized carbons (Fsp3) is 0.571. The molecule has 2 aromatic heterocycles. The van der Waals surface area contributed by atoms with E-state index in [1.54, 1.807) is 11.3 Å². The number of hydrogen-bond acceptors (Lipinski definition) is 5. The topological polar surface area (TPSA) is 47.0 Å². The van der Waals surface area contributed by atoms with Crippen LogP contribution in [0.2, 0.25) is 0 Å². The number of nitrogens with zero attached hydrogens (tertiary/aromatic N) is 2. The Morgan fingerprint density at radius 1 is 1.26 bits per heavy atom. The van der Waals surface area contributed by atoms with Gasteiger partial charge in [0.15, 0.2) is 5.82 Å². The summed E-state index contributed by atoms with van der Waals surface area (Å²) in [6.45, 7) is 7.66. The van der Waals surface area contributed by atoms with Crippen molar-refractivity contribution in [3.05, 3.63) is 16.3 Å². The molecule has 19 heavy (non-hydrogen) atoms. The predicted molar refractivity (Wildman–Crippen MR) is 81.0 cm³/mol. The van der Waals surface area contributed by atoms with Gasteiger partial charge in [-0.1, -0.05) is 13.3 Å². The number of thiophene rings is 1. The van der Waals surface area contributed by atoms with Crippen molar-refractivity contribution >= 4 is 27.4 Å². The fourth-order valence-electron chi connectivity index (χ4n) is 1.95. The van der Waals surface area contributed by atoms with Gasteiger partial charge in [0.25, 0.3) is 0 Å². The molecular formula is C14H21N3OS. The summed E-state index contributed by atoms with van der Waals surface area (Å²) in [6.07, 6.45) is 2.23. The molecular weight excluding hydrogens is 258 g/mol. The van der Waals surface area contributed by atoms with E-state index in [1.807, 2.05) is 7.05 Å². The highest BCUT2D eigenvalue weighted by Crippen LogP contribution is 2.33. The highest BCUT2D eigenvalue weighted by Gasteiger charge is 2.13. The minimum atomic E-state index is 0.487. The molecule has 0 atom stereocenters. The third-order valence-electron chi connectivity index (χ3n) is 3.19. The van der Waals surface area contributed by atoms with Crippen LogP contribution in [0.15, 0.2) is 0 Å². The minimum Gasteiger partial charge on any atom is -0.373 e. The van der Waals surface area contributed by atoms with E-state index in [-0.39, 0.29) is 0 Å². The third kappa shape index (κ3) is 3.04. The van der Waals surface area contributed by atoms with Gasteiger partial charge in [0, 0.05) is 18.5 Å². The van der Waals surface area contributed by atoms with Gasteiger partial charge in [-0.25, -0.2) is 9.97 Å². The van der Waals surface area contributed by atoms with E-state index in [2.05, 4.69) is 36.1 Å². The Morgan fingerprint density at radius 2 is 2.05 bits per heavy atom. The van der Waals surface area contributed by atoms with Gasteiger partial charge < -0.3 is 10.1 Å². The zero-order chi connectivity index (χ0) is 13.8. The zero-order valence-electron chi connectivity index (χ0n) is 12.0. The van der Waals surface area contributed by atoms with E-state index in [0.717, 1.165) is 41.3 Å². The number of hydrogen-bond donors (Lipinski definition) is 1. The number of ether oxygens (including phenoxy) is 1. The van der Waals surface area contributed by atoms with Crippen molar-refractivity contribution in [1.29, 1.82) is 0 Å². The lowest BCUT2D eigenvalue weighted by molar-refractivity contribution is 0.113. The highest BCUT2D eigenvalue weighted by atomic mass is 32.1. The van der Waals surface area contributed by atoms with Crippen LogP contribution in [0.1, 0.15) is 36.0 Å². The summed E-state index contributed by atoms with van der Waals surface area (Å²) in [6, 6.07) is 0. The van der Waals surface area contributed by atoms with Gasteiger partial charge in [-0.15, -0.1) is 11.3 Å². The van der Waals surface area contributed by atoms with Crippen LogP contribution in [0.25, 0.3) is 10.2 Å². The summed E-state index contributed by atoms with van der Waals surface area (Å²) in [5.41, 5.74) is 1.27. The van der Waals surface area contributed by atoms with Gasteiger partial charge in [-0.05, 0) is 25.8 Å². The Morgan fingerprint density at radius 3 is 2.74 bits per heavy atom. The number of aryl methyl sites for hydroxylation is 2. The van der Waals surface area contributed by atoms with Gasteiger partial charge in [-0.2, -0.15) is 0 Å². The van der Waals surface area contributed by atoms with Crippen LogP contribution in [0.4, 0.5) is 5.82 Å². The lowest BCUT2D eigenvalue weighted by Crippen LogP contribution is -2.03. The number of nitrogens with one attached hydrogen (secondary N) is 1. The van der Waals surface area contributed by atoms with Gasteiger partial charge in [0.1, 0.15) is 17.3 Å². The molecule has 0 aliphatic heterocycles. The van der Waals surface area contributed by atoms with Crippen LogP contribution in [-0.2, 0) is 11.3 Å². The molecule has 4 nitrogen and oxygen atoms in total. The smallest absolute Gasteiger partial charge is 0.158 e. The number of fused-ring (bicyclic) bond motifs is 1. The molecule has 2 aromatic rings. The summed E-state index contributed by atoms with van der Waals surface area (Å²) in [7, 11) is 1.90. The maximum Gasteiger partial charge on any atom is 0.158 e. The predicted octanol–water partition coefficient (Wildman–Crippen LogP) is 3.67. The SMILES string of the molecule is CCCCOCc1nc(NC)c2c(C)c(C)sc2n1. The number of rotatable bonds is 6. The van der Waals surface area contributed by atoms with Crippen molar-refractivity contribution in [1.82, 2.24) is 9.97 Å². The average molecular weight is 279 g/mol. The minimum absolute atomic E-state index is 0.487. The molecule has 0 fully saturated rings. The number of anilines is 1. The Hall–Kier alpha value is -1.20. The van der Waals surface area contributed by atoms with E-state index >= 15 is 0 Å². The maximum absolute atomic E-state index is 5.60. The van der Waals surface area contributed by atoms with E-state index < -0.39 is 0 Å². The van der Waals surface area contributed by atoms with E-state index in [9.17, 15) is 0 Å². The monoisotopic (exact) mass is 279 g/mol. The van der Waals surface area contributed by atoms with Crippen molar-refractivity contribution in [3.8, 4) is 0 Å². The zero-order valence-corrected chi connectivity index (χ0v) is 12.9. The molecule has 5 heteroatoms. The molecule has 0 unspecified atom stereocenters. The Balaban J connectivity index is 2.27. The maximum atomic E-state index is 5.60. The van der Waals surface area contributed by atoms with Crippen molar-refractivity contribution in [2.45, 2.75) is 40.2 Å². The summed E-state index contributed by atoms with van der Waals surface area (Å²) in [5.74, 6) is 1.66. The molecule has 1 N–H and O–H groups in total. The summed E-state index contributed by atoms with van der Waals surface area (Å²) >= 11 is 1.72. The van der Waals surface area contributed by atoms with E-state index in [4.69, 9.17) is 4.74 Å². The second-order valence-corrected chi connectivity index (χ2v) is 5.81. The second kappa shape index (κ2) is 6.30. The van der Waals surface area contributed by atoms with E-state index in [0.29, 0.717) is 6.61 Å². The molecule has 104 valence electrons. The van der Waals surface area contributed by atoms with Gasteiger partial charge in [-0.3, -0.25) is 0 Å². The molecule has 0 amide bonds. The standard InChI is InChI=1S/C14H21N3OS/c1-5-6-7-18-8-11-16-13(15-4)12-9(2)10(3)19-14(12)17-11/h5-8H2,1-4H3,(H,15,16,17). The van der Waals surface area contributed by atoms with Crippen molar-refractivity contribution < 1.29 is 4.74 Å². The molecule has 2 rings (SSSR count). The molecule has 0 aliphatic carbocycles. The molecule has 0 bridgehead atoms. The Kier molecular flexibility index (Phi) is 4.71. The summed E-state index contributed by atoms with van der Waals surface area (Å²) in [5, 5.41) is 4.31. The second-order valence-electron chi connectivity index (χ2n) is 4.61. The first kappa shape index (κ1) is 14.2. The Bertz CT molecular complexity index is 565. The molecule has 0 saturated carbocycles. The lowest BCUT2D eigenvalue weighted by atomic mass is 10.2. The first-order chi connectivity index (χ1) is 9.17. The fourth-order valence-corrected chi connectivity index (χ4v) is 3.00. The molecule has 0 aliphatic rings. The molecule has 0 saturated heterocycles. The first-order valence-electron chi connectivity index (χ1n) is 6.69. The van der Waals surface area contributed by atoms with Crippen molar-refractivity contribution in [3.63, 3.8) is 0 Å². The van der Waals surface area contributed by atoms with Crippen LogP contribution < -0.4 is 5.32 Å². The van der Waals surface area contributed by atoms with Gasteiger partial charge >= 0.3 is 0 Å². The molecule has 2 heterocycles. The quantitative estimate of drug-likeness (QED) is 0.820. The lowest BCUT2D eigenvalue weighted by Gasteiger charge is -2.07. The number of unbranched alkanes of at least 4 members (excludes halogenated alkanes) is 1. The third-order valence-corrected chi connectivity index (χ3v) is 4.29. The highest BCUT2D eigenvalue weighted by molar-refractivity contribution is 7.18. The van der Waals surface area contributed by atoms with Crippen molar-refractivity contribution in [2.24, 2.45) is 0 Å². The molecule has 0 aromatic carbocycles.